The molecule has 0 saturated heterocycles. The highest BCUT2D eigenvalue weighted by atomic mass is 32.1. The third kappa shape index (κ3) is 0.796. The molecule has 0 spiro atoms. The molecule has 1 aliphatic carbocycles. The molecule has 0 fully saturated rings. The van der Waals surface area contributed by atoms with Crippen LogP contribution in [-0.2, 0) is 0 Å². The van der Waals surface area contributed by atoms with Crippen LogP contribution >= 0.6 is 11.5 Å². The van der Waals surface area contributed by atoms with Crippen molar-refractivity contribution in [2.75, 3.05) is 0 Å². The van der Waals surface area contributed by atoms with Gasteiger partial charge in [-0.2, -0.15) is 0 Å². The molecule has 1 heterocycles. The van der Waals surface area contributed by atoms with E-state index < -0.39 is 0 Å². The molecule has 0 bridgehead atoms. The molecule has 0 atom stereocenters. The van der Waals surface area contributed by atoms with Gasteiger partial charge >= 0.3 is 0 Å². The van der Waals surface area contributed by atoms with Crippen molar-refractivity contribution in [3.05, 3.63) is 36.4 Å². The SMILES string of the molecule is c1cc2c3c(cccc3c1)-c1snnc1-2. The number of hydrogen-bond donors (Lipinski definition) is 0. The maximum Gasteiger partial charge on any atom is 0.114 e. The number of fused-ring (bicyclic) bond motifs is 3. The Balaban J connectivity index is 2.35. The zero-order valence-electron chi connectivity index (χ0n) is 7.77. The average molecular weight is 210 g/mol. The standard InChI is InChI=1S/C12H6N2S/c1-3-7-4-2-6-9-10(7)8(5-1)11-12(9)15-14-13-11/h1-6H. The second-order valence-electron chi connectivity index (χ2n) is 3.66. The second-order valence-corrected chi connectivity index (χ2v) is 4.41. The minimum atomic E-state index is 1.05. The zero-order chi connectivity index (χ0) is 9.83. The molecule has 1 aromatic heterocycles. The van der Waals surface area contributed by atoms with Gasteiger partial charge < -0.3 is 0 Å². The fourth-order valence-corrected chi connectivity index (χ4v) is 2.98. The molecule has 3 aromatic rings. The first kappa shape index (κ1) is 7.54. The Kier molecular flexibility index (Phi) is 1.22. The van der Waals surface area contributed by atoms with E-state index in [9.17, 15) is 0 Å². The van der Waals surface area contributed by atoms with E-state index in [-0.39, 0.29) is 0 Å². The molecular weight excluding hydrogens is 204 g/mol. The van der Waals surface area contributed by atoms with Gasteiger partial charge in [-0.05, 0) is 22.3 Å². The van der Waals surface area contributed by atoms with Crippen molar-refractivity contribution in [1.82, 2.24) is 9.59 Å². The molecule has 4 rings (SSSR count). The van der Waals surface area contributed by atoms with Crippen LogP contribution in [0.15, 0.2) is 36.4 Å². The highest BCUT2D eigenvalue weighted by Crippen LogP contribution is 2.47. The number of nitrogens with zero attached hydrogens (tertiary/aromatic N) is 2. The summed E-state index contributed by atoms with van der Waals surface area (Å²) < 4.78 is 4.02. The van der Waals surface area contributed by atoms with Crippen LogP contribution < -0.4 is 0 Å². The molecule has 70 valence electrons. The number of rotatable bonds is 0. The Morgan fingerprint density at radius 1 is 0.933 bits per heavy atom. The van der Waals surface area contributed by atoms with Gasteiger partial charge in [-0.1, -0.05) is 40.9 Å². The summed E-state index contributed by atoms with van der Waals surface area (Å²) in [6.07, 6.45) is 0. The largest absolute Gasteiger partial charge is 0.137 e. The summed E-state index contributed by atoms with van der Waals surface area (Å²) in [5, 5.41) is 6.82. The van der Waals surface area contributed by atoms with Gasteiger partial charge in [-0.15, -0.1) is 5.10 Å². The molecule has 0 radical (unpaired) electrons. The predicted molar refractivity (Wildman–Crippen MR) is 61.8 cm³/mol. The first-order chi connectivity index (χ1) is 7.45. The van der Waals surface area contributed by atoms with E-state index in [2.05, 4.69) is 46.0 Å². The van der Waals surface area contributed by atoms with Crippen LogP contribution in [0.3, 0.4) is 0 Å². The van der Waals surface area contributed by atoms with Gasteiger partial charge in [0.1, 0.15) is 5.69 Å². The fraction of sp³-hybridized carbons (Fsp3) is 0. The maximum absolute atomic E-state index is 4.21. The lowest BCUT2D eigenvalue weighted by molar-refractivity contribution is 1.17. The Morgan fingerprint density at radius 3 is 2.60 bits per heavy atom. The lowest BCUT2D eigenvalue weighted by Gasteiger charge is -1.99. The minimum absolute atomic E-state index is 1.05. The third-order valence-corrected chi connectivity index (χ3v) is 3.65. The fourth-order valence-electron chi connectivity index (χ4n) is 2.27. The molecule has 2 nitrogen and oxygen atoms in total. The van der Waals surface area contributed by atoms with Gasteiger partial charge in [-0.25, -0.2) is 0 Å². The summed E-state index contributed by atoms with van der Waals surface area (Å²) >= 11 is 1.48. The lowest BCUT2D eigenvalue weighted by atomic mass is 10.0. The zero-order valence-corrected chi connectivity index (χ0v) is 8.58. The highest BCUT2D eigenvalue weighted by Gasteiger charge is 2.23. The molecule has 0 saturated carbocycles. The van der Waals surface area contributed by atoms with Crippen LogP contribution in [0.4, 0.5) is 0 Å². The predicted octanol–water partition coefficient (Wildman–Crippen LogP) is 3.34. The highest BCUT2D eigenvalue weighted by molar-refractivity contribution is 7.10. The summed E-state index contributed by atoms with van der Waals surface area (Å²) in [5.41, 5.74) is 3.56. The molecule has 3 heteroatoms. The quantitative estimate of drug-likeness (QED) is 0.445. The third-order valence-electron chi connectivity index (χ3n) is 2.89. The van der Waals surface area contributed by atoms with Crippen LogP contribution in [0.2, 0.25) is 0 Å². The van der Waals surface area contributed by atoms with Crippen LogP contribution in [0.5, 0.6) is 0 Å². The molecule has 0 aliphatic heterocycles. The molecule has 1 aliphatic rings. The van der Waals surface area contributed by atoms with Crippen molar-refractivity contribution in [3.8, 4) is 21.7 Å². The first-order valence-electron chi connectivity index (χ1n) is 4.80. The number of hydrogen-bond acceptors (Lipinski definition) is 3. The smallest absolute Gasteiger partial charge is 0.114 e. The maximum atomic E-state index is 4.21. The van der Waals surface area contributed by atoms with Gasteiger partial charge in [0.05, 0.1) is 4.88 Å². The van der Waals surface area contributed by atoms with E-state index in [1.54, 1.807) is 0 Å². The van der Waals surface area contributed by atoms with Gasteiger partial charge in [0.2, 0.25) is 0 Å². The molecule has 15 heavy (non-hydrogen) atoms. The summed E-state index contributed by atoms with van der Waals surface area (Å²) in [6, 6.07) is 12.7. The molecule has 0 amide bonds. The topological polar surface area (TPSA) is 25.8 Å². The Labute approximate surface area is 90.4 Å². The van der Waals surface area contributed by atoms with Crippen molar-refractivity contribution in [3.63, 3.8) is 0 Å². The van der Waals surface area contributed by atoms with E-state index in [0.717, 1.165) is 5.69 Å². The molecule has 0 unspecified atom stereocenters. The summed E-state index contributed by atoms with van der Waals surface area (Å²) in [5.74, 6) is 0. The lowest BCUT2D eigenvalue weighted by Crippen LogP contribution is -1.76. The van der Waals surface area contributed by atoms with Gasteiger partial charge in [0.15, 0.2) is 0 Å². The molecular formula is C12H6N2S. The van der Waals surface area contributed by atoms with E-state index in [0.29, 0.717) is 0 Å². The minimum Gasteiger partial charge on any atom is -0.137 e. The van der Waals surface area contributed by atoms with E-state index in [1.165, 1.54) is 38.3 Å². The summed E-state index contributed by atoms with van der Waals surface area (Å²) in [7, 11) is 0. The van der Waals surface area contributed by atoms with Crippen molar-refractivity contribution < 1.29 is 0 Å². The van der Waals surface area contributed by atoms with E-state index in [1.807, 2.05) is 0 Å². The monoisotopic (exact) mass is 210 g/mol. The Hall–Kier alpha value is -1.74. The van der Waals surface area contributed by atoms with Gasteiger partial charge in [0.25, 0.3) is 0 Å². The van der Waals surface area contributed by atoms with Crippen molar-refractivity contribution in [2.24, 2.45) is 0 Å². The Bertz CT molecular complexity index is 632. The average Bonchev–Trinajstić information content (AvgIpc) is 2.84. The Morgan fingerprint density at radius 2 is 1.73 bits per heavy atom. The summed E-state index contributed by atoms with van der Waals surface area (Å²) in [6.45, 7) is 0. The van der Waals surface area contributed by atoms with Crippen molar-refractivity contribution in [1.29, 1.82) is 0 Å². The normalized spacial score (nSPS) is 12.0. The van der Waals surface area contributed by atoms with Gasteiger partial charge in [0, 0.05) is 11.1 Å². The first-order valence-corrected chi connectivity index (χ1v) is 5.57. The van der Waals surface area contributed by atoms with Crippen molar-refractivity contribution >= 4 is 22.3 Å². The summed E-state index contributed by atoms with van der Waals surface area (Å²) in [4.78, 5) is 1.21. The van der Waals surface area contributed by atoms with E-state index in [4.69, 9.17) is 0 Å². The second kappa shape index (κ2) is 2.44. The van der Waals surface area contributed by atoms with Crippen LogP contribution in [0.25, 0.3) is 32.5 Å². The van der Waals surface area contributed by atoms with Crippen LogP contribution in [-0.4, -0.2) is 9.59 Å². The number of aromatic nitrogens is 2. The van der Waals surface area contributed by atoms with E-state index >= 15 is 0 Å². The molecule has 2 aromatic carbocycles. The van der Waals surface area contributed by atoms with Gasteiger partial charge in [-0.3, -0.25) is 0 Å². The van der Waals surface area contributed by atoms with Crippen LogP contribution in [0.1, 0.15) is 0 Å². The van der Waals surface area contributed by atoms with Crippen molar-refractivity contribution in [2.45, 2.75) is 0 Å². The molecule has 0 N–H and O–H groups in total. The van der Waals surface area contributed by atoms with Crippen LogP contribution in [0, 0.1) is 0 Å². The number of benzene rings is 2.